The zero-order valence-electron chi connectivity index (χ0n) is 9.54. The second-order valence-electron chi connectivity index (χ2n) is 3.99. The minimum atomic E-state index is 0.0410. The van der Waals surface area contributed by atoms with Gasteiger partial charge in [-0.15, -0.1) is 11.3 Å². The van der Waals surface area contributed by atoms with Crippen molar-refractivity contribution in [1.82, 2.24) is 15.5 Å². The van der Waals surface area contributed by atoms with E-state index >= 15 is 0 Å². The smallest absolute Gasteiger partial charge is 0.252 e. The fourth-order valence-electron chi connectivity index (χ4n) is 1.79. The Bertz CT molecular complexity index is 377. The van der Waals surface area contributed by atoms with Crippen LogP contribution < -0.4 is 10.6 Å². The molecule has 1 aromatic rings. The van der Waals surface area contributed by atoms with Crippen molar-refractivity contribution < 1.29 is 4.79 Å². The van der Waals surface area contributed by atoms with Crippen LogP contribution in [0.1, 0.15) is 10.4 Å². The molecule has 1 fully saturated rings. The Labute approximate surface area is 119 Å². The number of carbonyl (C=O) groups excluding carboxylic acids is 1. The first kappa shape index (κ1) is 13.3. The molecule has 0 radical (unpaired) electrons. The summed E-state index contributed by atoms with van der Waals surface area (Å²) in [5, 5.41) is 8.18. The van der Waals surface area contributed by atoms with Crippen molar-refractivity contribution in [3.05, 3.63) is 19.9 Å². The minimum absolute atomic E-state index is 0.0410. The van der Waals surface area contributed by atoms with Gasteiger partial charge < -0.3 is 10.6 Å². The first-order chi connectivity index (χ1) is 8.25. The van der Waals surface area contributed by atoms with Crippen molar-refractivity contribution >= 4 is 39.8 Å². The molecule has 0 atom stereocenters. The zero-order valence-corrected chi connectivity index (χ0v) is 12.5. The van der Waals surface area contributed by atoms with Gasteiger partial charge in [-0.05, 0) is 28.7 Å². The van der Waals surface area contributed by atoms with E-state index in [1.54, 1.807) is 11.3 Å². The maximum absolute atomic E-state index is 11.8. The second kappa shape index (κ2) is 6.67. The van der Waals surface area contributed by atoms with E-state index in [9.17, 15) is 4.79 Å². The van der Waals surface area contributed by atoms with Crippen LogP contribution in [0.3, 0.4) is 0 Å². The van der Waals surface area contributed by atoms with Crippen molar-refractivity contribution in [1.29, 1.82) is 0 Å². The van der Waals surface area contributed by atoms with Crippen molar-refractivity contribution in [2.24, 2.45) is 0 Å². The Kier molecular flexibility index (Phi) is 5.20. The summed E-state index contributed by atoms with van der Waals surface area (Å²) in [6.45, 7) is 5.92. The van der Waals surface area contributed by atoms with Gasteiger partial charge in [0.1, 0.15) is 0 Å². The summed E-state index contributed by atoms with van der Waals surface area (Å²) in [6, 6.07) is 1.92. The Hall–Kier alpha value is -0.180. The third-order valence-corrected chi connectivity index (χ3v) is 4.54. The molecule has 1 aliphatic rings. The molecule has 0 aliphatic carbocycles. The van der Waals surface area contributed by atoms with E-state index in [1.807, 2.05) is 11.4 Å². The molecule has 1 aliphatic heterocycles. The molecule has 2 heterocycles. The topological polar surface area (TPSA) is 44.4 Å². The molecule has 17 heavy (non-hydrogen) atoms. The highest BCUT2D eigenvalue weighted by Crippen LogP contribution is 2.16. The Balaban J connectivity index is 1.69. The fraction of sp³-hybridized carbons (Fsp3) is 0.545. The first-order valence-electron chi connectivity index (χ1n) is 5.71. The summed E-state index contributed by atoms with van der Waals surface area (Å²) in [4.78, 5) is 14.1. The predicted octanol–water partition coefficient (Wildman–Crippen LogP) is 0.988. The van der Waals surface area contributed by atoms with Gasteiger partial charge in [0.15, 0.2) is 0 Å². The van der Waals surface area contributed by atoms with Gasteiger partial charge in [-0.1, -0.05) is 0 Å². The third kappa shape index (κ3) is 4.20. The zero-order chi connectivity index (χ0) is 12.1. The van der Waals surface area contributed by atoms with E-state index < -0.39 is 0 Å². The van der Waals surface area contributed by atoms with Gasteiger partial charge in [0.25, 0.3) is 5.91 Å². The van der Waals surface area contributed by atoms with Crippen LogP contribution in [-0.2, 0) is 0 Å². The summed E-state index contributed by atoms with van der Waals surface area (Å²) in [5.74, 6) is 0.0410. The number of hydrogen-bond donors (Lipinski definition) is 2. The molecule has 4 nitrogen and oxygen atoms in total. The van der Waals surface area contributed by atoms with Gasteiger partial charge in [0.2, 0.25) is 0 Å². The molecule has 0 spiro atoms. The van der Waals surface area contributed by atoms with Crippen molar-refractivity contribution in [3.8, 4) is 0 Å². The van der Waals surface area contributed by atoms with Crippen LogP contribution in [0, 0.1) is 2.88 Å². The van der Waals surface area contributed by atoms with E-state index in [1.165, 1.54) is 0 Å². The minimum Gasteiger partial charge on any atom is -0.351 e. The summed E-state index contributed by atoms with van der Waals surface area (Å²) < 4.78 is 1.15. The Morgan fingerprint density at radius 1 is 1.53 bits per heavy atom. The highest BCUT2D eigenvalue weighted by molar-refractivity contribution is 14.1. The number of nitrogens with zero attached hydrogens (tertiary/aromatic N) is 1. The second-order valence-corrected chi connectivity index (χ2v) is 6.79. The summed E-state index contributed by atoms with van der Waals surface area (Å²) in [6.07, 6.45) is 0. The molecule has 1 saturated heterocycles. The molecule has 1 aromatic heterocycles. The normalized spacial score (nSPS) is 17.0. The maximum atomic E-state index is 11.8. The number of rotatable bonds is 4. The van der Waals surface area contributed by atoms with Crippen LogP contribution in [-0.4, -0.2) is 50.1 Å². The number of piperazine rings is 1. The van der Waals surface area contributed by atoms with Crippen LogP contribution in [0.5, 0.6) is 0 Å². The van der Waals surface area contributed by atoms with Gasteiger partial charge in [0, 0.05) is 44.6 Å². The van der Waals surface area contributed by atoms with E-state index in [2.05, 4.69) is 38.1 Å². The molecule has 0 aromatic carbocycles. The van der Waals surface area contributed by atoms with Crippen LogP contribution >= 0.6 is 33.9 Å². The standard InChI is InChI=1S/C11H16IN3OS/c12-10-7-9(8-17-10)11(16)14-3-6-15-4-1-13-2-5-15/h7-8,13H,1-6H2,(H,14,16). The largest absolute Gasteiger partial charge is 0.351 e. The lowest BCUT2D eigenvalue weighted by Crippen LogP contribution is -2.46. The molecule has 2 N–H and O–H groups in total. The molecular formula is C11H16IN3OS. The summed E-state index contributed by atoms with van der Waals surface area (Å²) >= 11 is 3.83. The molecule has 6 heteroatoms. The Morgan fingerprint density at radius 3 is 2.94 bits per heavy atom. The monoisotopic (exact) mass is 365 g/mol. The van der Waals surface area contributed by atoms with Crippen LogP contribution in [0.25, 0.3) is 0 Å². The number of thiophene rings is 1. The summed E-state index contributed by atoms with van der Waals surface area (Å²) in [5.41, 5.74) is 0.778. The quantitative estimate of drug-likeness (QED) is 0.783. The predicted molar refractivity (Wildman–Crippen MR) is 78.7 cm³/mol. The van der Waals surface area contributed by atoms with Gasteiger partial charge in [-0.3, -0.25) is 9.69 Å². The van der Waals surface area contributed by atoms with Crippen LogP contribution in [0.2, 0.25) is 0 Å². The van der Waals surface area contributed by atoms with E-state index in [-0.39, 0.29) is 5.91 Å². The molecule has 1 amide bonds. The summed E-state index contributed by atoms with van der Waals surface area (Å²) in [7, 11) is 0. The Morgan fingerprint density at radius 2 is 2.29 bits per heavy atom. The van der Waals surface area contributed by atoms with E-state index in [0.717, 1.165) is 47.7 Å². The van der Waals surface area contributed by atoms with E-state index in [4.69, 9.17) is 0 Å². The van der Waals surface area contributed by atoms with E-state index in [0.29, 0.717) is 0 Å². The number of amides is 1. The van der Waals surface area contributed by atoms with Crippen molar-refractivity contribution in [2.75, 3.05) is 39.3 Å². The number of carbonyl (C=O) groups is 1. The SMILES string of the molecule is O=C(NCCN1CCNCC1)c1csc(I)c1. The lowest BCUT2D eigenvalue weighted by Gasteiger charge is -2.27. The molecule has 94 valence electrons. The van der Waals surface area contributed by atoms with Gasteiger partial charge >= 0.3 is 0 Å². The van der Waals surface area contributed by atoms with Crippen LogP contribution in [0.15, 0.2) is 11.4 Å². The maximum Gasteiger partial charge on any atom is 0.252 e. The van der Waals surface area contributed by atoms with Gasteiger partial charge in [-0.25, -0.2) is 0 Å². The fourth-order valence-corrected chi connectivity index (χ4v) is 3.12. The number of halogens is 1. The molecule has 0 saturated carbocycles. The van der Waals surface area contributed by atoms with Crippen LogP contribution in [0.4, 0.5) is 0 Å². The lowest BCUT2D eigenvalue weighted by molar-refractivity contribution is 0.0947. The average molecular weight is 365 g/mol. The number of nitrogens with one attached hydrogen (secondary N) is 2. The first-order valence-corrected chi connectivity index (χ1v) is 7.67. The molecular weight excluding hydrogens is 349 g/mol. The average Bonchev–Trinajstić information content (AvgIpc) is 2.77. The number of hydrogen-bond acceptors (Lipinski definition) is 4. The van der Waals surface area contributed by atoms with Gasteiger partial charge in [-0.2, -0.15) is 0 Å². The highest BCUT2D eigenvalue weighted by atomic mass is 127. The third-order valence-electron chi connectivity index (χ3n) is 2.75. The van der Waals surface area contributed by atoms with Gasteiger partial charge in [0.05, 0.1) is 8.45 Å². The highest BCUT2D eigenvalue weighted by Gasteiger charge is 2.10. The lowest BCUT2D eigenvalue weighted by atomic mass is 10.3. The van der Waals surface area contributed by atoms with Crippen molar-refractivity contribution in [2.45, 2.75) is 0 Å². The van der Waals surface area contributed by atoms with Crippen molar-refractivity contribution in [3.63, 3.8) is 0 Å². The molecule has 0 bridgehead atoms. The molecule has 0 unspecified atom stereocenters. The molecule has 2 rings (SSSR count).